The van der Waals surface area contributed by atoms with E-state index in [9.17, 15) is 13.6 Å². The molecule has 2 heterocycles. The topological polar surface area (TPSA) is 61.4 Å². The number of hydrogen-bond acceptors (Lipinski definition) is 4. The van der Waals surface area contributed by atoms with E-state index in [0.717, 1.165) is 11.4 Å². The molecule has 1 fully saturated rings. The van der Waals surface area contributed by atoms with Gasteiger partial charge in [0.05, 0.1) is 11.4 Å². The third kappa shape index (κ3) is 4.56. The van der Waals surface area contributed by atoms with Gasteiger partial charge in [0.2, 0.25) is 0 Å². The summed E-state index contributed by atoms with van der Waals surface area (Å²) in [5, 5.41) is 2.61. The van der Waals surface area contributed by atoms with Crippen molar-refractivity contribution >= 4 is 33.5 Å². The lowest BCUT2D eigenvalue weighted by molar-refractivity contribution is 0.208. The molecule has 0 radical (unpaired) electrons. The summed E-state index contributed by atoms with van der Waals surface area (Å²) in [7, 11) is 0. The maximum atomic E-state index is 14.0. The van der Waals surface area contributed by atoms with Gasteiger partial charge in [-0.1, -0.05) is 15.9 Å². The first kappa shape index (κ1) is 20.2. The van der Waals surface area contributed by atoms with Gasteiger partial charge >= 0.3 is 6.03 Å². The van der Waals surface area contributed by atoms with Gasteiger partial charge in [0.1, 0.15) is 23.8 Å². The highest BCUT2D eigenvalue weighted by atomic mass is 79.9. The zero-order valence-electron chi connectivity index (χ0n) is 15.9. The lowest BCUT2D eigenvalue weighted by atomic mass is 10.1. The normalized spacial score (nSPS) is 14.0. The summed E-state index contributed by atoms with van der Waals surface area (Å²) in [6.07, 6.45) is 1.48. The van der Waals surface area contributed by atoms with E-state index in [1.165, 1.54) is 30.6 Å². The van der Waals surface area contributed by atoms with Gasteiger partial charge in [-0.2, -0.15) is 0 Å². The van der Waals surface area contributed by atoms with Crippen molar-refractivity contribution in [2.75, 3.05) is 36.4 Å². The van der Waals surface area contributed by atoms with E-state index in [1.807, 2.05) is 6.07 Å². The van der Waals surface area contributed by atoms with Crippen molar-refractivity contribution in [1.29, 1.82) is 0 Å². The summed E-state index contributed by atoms with van der Waals surface area (Å²) in [4.78, 5) is 24.8. The standard InChI is InChI=1S/C21H18BrF2N5O/c22-15-3-6-18(17(24)11-15)27-21(30)29-9-7-28(8-10-29)20-12-19(25-13-26-20)14-1-4-16(23)5-2-14/h1-6,11-13H,7-10H2,(H,27,30). The molecule has 4 rings (SSSR count). The quantitative estimate of drug-likeness (QED) is 0.606. The molecule has 2 aromatic carbocycles. The van der Waals surface area contributed by atoms with E-state index in [-0.39, 0.29) is 17.5 Å². The van der Waals surface area contributed by atoms with E-state index in [2.05, 4.69) is 36.1 Å². The largest absolute Gasteiger partial charge is 0.353 e. The summed E-state index contributed by atoms with van der Waals surface area (Å²) in [6, 6.07) is 12.1. The fourth-order valence-corrected chi connectivity index (χ4v) is 3.56. The SMILES string of the molecule is O=C(Nc1ccc(Br)cc1F)N1CCN(c2cc(-c3ccc(F)cc3)ncn2)CC1. The third-order valence-electron chi connectivity index (χ3n) is 4.86. The van der Waals surface area contributed by atoms with Crippen molar-refractivity contribution in [1.82, 2.24) is 14.9 Å². The monoisotopic (exact) mass is 473 g/mol. The van der Waals surface area contributed by atoms with Gasteiger partial charge in [-0.05, 0) is 42.5 Å². The van der Waals surface area contributed by atoms with Crippen LogP contribution in [0.2, 0.25) is 0 Å². The number of aromatic nitrogens is 2. The Morgan fingerprint density at radius 3 is 2.40 bits per heavy atom. The van der Waals surface area contributed by atoms with Crippen molar-refractivity contribution in [3.05, 3.63) is 71.0 Å². The predicted octanol–water partition coefficient (Wildman–Crippen LogP) is 4.54. The number of nitrogens with one attached hydrogen (secondary N) is 1. The summed E-state index contributed by atoms with van der Waals surface area (Å²) in [5.41, 5.74) is 1.64. The molecule has 2 amide bonds. The molecule has 1 saturated heterocycles. The van der Waals surface area contributed by atoms with Crippen LogP contribution in [0, 0.1) is 11.6 Å². The van der Waals surface area contributed by atoms with Crippen LogP contribution in [-0.4, -0.2) is 47.1 Å². The van der Waals surface area contributed by atoms with Crippen LogP contribution in [-0.2, 0) is 0 Å². The Morgan fingerprint density at radius 1 is 0.967 bits per heavy atom. The van der Waals surface area contributed by atoms with Crippen LogP contribution >= 0.6 is 15.9 Å². The average Bonchev–Trinajstić information content (AvgIpc) is 2.76. The van der Waals surface area contributed by atoms with E-state index in [4.69, 9.17) is 0 Å². The van der Waals surface area contributed by atoms with Crippen LogP contribution in [0.25, 0.3) is 11.3 Å². The molecule has 0 atom stereocenters. The summed E-state index contributed by atoms with van der Waals surface area (Å²) >= 11 is 3.20. The summed E-state index contributed by atoms with van der Waals surface area (Å²) in [6.45, 7) is 2.10. The fourth-order valence-electron chi connectivity index (χ4n) is 3.22. The molecule has 0 spiro atoms. The number of carbonyl (C=O) groups is 1. The van der Waals surface area contributed by atoms with Gasteiger partial charge in [0, 0.05) is 42.3 Å². The first-order valence-electron chi connectivity index (χ1n) is 9.33. The van der Waals surface area contributed by atoms with Gasteiger partial charge in [-0.15, -0.1) is 0 Å². The number of amides is 2. The zero-order valence-corrected chi connectivity index (χ0v) is 17.4. The van der Waals surface area contributed by atoms with Crippen LogP contribution in [0.1, 0.15) is 0 Å². The molecule has 3 aromatic rings. The Labute approximate surface area is 180 Å². The number of rotatable bonds is 3. The van der Waals surface area contributed by atoms with Gasteiger partial charge in [0.25, 0.3) is 0 Å². The van der Waals surface area contributed by atoms with E-state index < -0.39 is 5.82 Å². The highest BCUT2D eigenvalue weighted by Crippen LogP contribution is 2.23. The maximum absolute atomic E-state index is 14.0. The second-order valence-corrected chi connectivity index (χ2v) is 7.71. The van der Waals surface area contributed by atoms with Crippen LogP contribution in [0.15, 0.2) is 59.3 Å². The number of piperazine rings is 1. The Kier molecular flexibility index (Phi) is 5.89. The smallest absolute Gasteiger partial charge is 0.322 e. The average molecular weight is 474 g/mol. The summed E-state index contributed by atoms with van der Waals surface area (Å²) < 4.78 is 27.7. The Bertz CT molecular complexity index is 1060. The molecule has 6 nitrogen and oxygen atoms in total. The number of benzene rings is 2. The van der Waals surface area contributed by atoms with Crippen molar-refractivity contribution in [3.63, 3.8) is 0 Å². The molecule has 1 aromatic heterocycles. The van der Waals surface area contributed by atoms with Gasteiger partial charge in [0.15, 0.2) is 0 Å². The van der Waals surface area contributed by atoms with Crippen molar-refractivity contribution in [3.8, 4) is 11.3 Å². The second kappa shape index (κ2) is 8.74. The minimum atomic E-state index is -0.495. The van der Waals surface area contributed by atoms with Gasteiger partial charge < -0.3 is 15.1 Å². The molecule has 0 aliphatic carbocycles. The van der Waals surface area contributed by atoms with Crippen LogP contribution < -0.4 is 10.2 Å². The van der Waals surface area contributed by atoms with E-state index >= 15 is 0 Å². The Hall–Kier alpha value is -3.07. The Balaban J connectivity index is 1.39. The van der Waals surface area contributed by atoms with Crippen LogP contribution in [0.5, 0.6) is 0 Å². The molecule has 154 valence electrons. The Morgan fingerprint density at radius 2 is 1.70 bits per heavy atom. The number of nitrogens with zero attached hydrogens (tertiary/aromatic N) is 4. The number of anilines is 2. The maximum Gasteiger partial charge on any atom is 0.322 e. The van der Waals surface area contributed by atoms with E-state index in [1.54, 1.807) is 23.1 Å². The van der Waals surface area contributed by atoms with Crippen LogP contribution in [0.3, 0.4) is 0 Å². The predicted molar refractivity (Wildman–Crippen MR) is 114 cm³/mol. The lowest BCUT2D eigenvalue weighted by Crippen LogP contribution is -2.50. The van der Waals surface area contributed by atoms with Gasteiger partial charge in [-0.3, -0.25) is 0 Å². The first-order valence-corrected chi connectivity index (χ1v) is 10.1. The molecule has 1 aliphatic rings. The number of carbonyl (C=O) groups excluding carboxylic acids is 1. The number of urea groups is 1. The minimum absolute atomic E-state index is 0.144. The fraction of sp³-hybridized carbons (Fsp3) is 0.190. The van der Waals surface area contributed by atoms with Crippen molar-refractivity contribution in [2.45, 2.75) is 0 Å². The van der Waals surface area contributed by atoms with E-state index in [0.29, 0.717) is 36.3 Å². The molecule has 9 heteroatoms. The van der Waals surface area contributed by atoms with Crippen molar-refractivity contribution in [2.24, 2.45) is 0 Å². The molecule has 0 unspecified atom stereocenters. The molecule has 1 N–H and O–H groups in total. The number of halogens is 3. The first-order chi connectivity index (χ1) is 14.5. The molecular weight excluding hydrogens is 456 g/mol. The minimum Gasteiger partial charge on any atom is -0.353 e. The molecule has 0 saturated carbocycles. The van der Waals surface area contributed by atoms with Crippen LogP contribution in [0.4, 0.5) is 25.1 Å². The molecular formula is C21H18BrF2N5O. The second-order valence-electron chi connectivity index (χ2n) is 6.80. The molecule has 0 bridgehead atoms. The zero-order chi connectivity index (χ0) is 21.1. The van der Waals surface area contributed by atoms with Gasteiger partial charge in [-0.25, -0.2) is 23.5 Å². The summed E-state index contributed by atoms with van der Waals surface area (Å²) in [5.74, 6) is -0.0561. The van der Waals surface area contributed by atoms with Crippen molar-refractivity contribution < 1.29 is 13.6 Å². The lowest BCUT2D eigenvalue weighted by Gasteiger charge is -2.35. The highest BCUT2D eigenvalue weighted by Gasteiger charge is 2.23. The number of hydrogen-bond donors (Lipinski definition) is 1. The highest BCUT2D eigenvalue weighted by molar-refractivity contribution is 9.10. The molecule has 30 heavy (non-hydrogen) atoms. The molecule has 1 aliphatic heterocycles. The third-order valence-corrected chi connectivity index (χ3v) is 5.35.